The Kier molecular flexibility index (Phi) is 32.7. The van der Waals surface area contributed by atoms with E-state index in [1.54, 1.807) is 0 Å². The largest absolute Gasteiger partial charge is 1.00 e. The fourth-order valence-electron chi connectivity index (χ4n) is 0.577. The molecule has 0 atom stereocenters. The first-order valence-corrected chi connectivity index (χ1v) is 4.40. The van der Waals surface area contributed by atoms with Crippen molar-refractivity contribution in [2.75, 3.05) is 11.5 Å². The van der Waals surface area contributed by atoms with Crippen LogP contribution in [0, 0.1) is 0 Å². The zero-order valence-corrected chi connectivity index (χ0v) is 12.9. The summed E-state index contributed by atoms with van der Waals surface area (Å²) < 4.78 is 0. The standard InChI is InChI=1S/C6H14S2.2Na.2H/c7-5-3-1-2-4-6-8;;;;/h7-8H,1-6H2;;;;/q;2*+1;2*-1. The summed E-state index contributed by atoms with van der Waals surface area (Å²) in [6.07, 6.45) is 5.17. The summed E-state index contributed by atoms with van der Waals surface area (Å²) in [6.45, 7) is 0. The molecule has 0 nitrogen and oxygen atoms in total. The minimum atomic E-state index is 0. The molecule has 0 aromatic carbocycles. The summed E-state index contributed by atoms with van der Waals surface area (Å²) in [5, 5.41) is 0. The maximum Gasteiger partial charge on any atom is 1.00 e. The van der Waals surface area contributed by atoms with E-state index in [1.165, 1.54) is 25.7 Å². The van der Waals surface area contributed by atoms with Gasteiger partial charge in [0.2, 0.25) is 0 Å². The predicted molar refractivity (Wildman–Crippen MR) is 48.4 cm³/mol. The molecule has 4 heteroatoms. The molecule has 0 unspecified atom stereocenters. The molecule has 0 saturated carbocycles. The normalized spacial score (nSPS) is 7.80. The number of hydrogen-bond donors (Lipinski definition) is 2. The third-order valence-corrected chi connectivity index (χ3v) is 1.70. The fraction of sp³-hybridized carbons (Fsp3) is 1.00. The first-order valence-electron chi connectivity index (χ1n) is 3.13. The van der Waals surface area contributed by atoms with Gasteiger partial charge in [0.05, 0.1) is 0 Å². The molecule has 0 aliphatic rings. The summed E-state index contributed by atoms with van der Waals surface area (Å²) >= 11 is 8.21. The second-order valence-corrected chi connectivity index (χ2v) is 2.76. The van der Waals surface area contributed by atoms with Gasteiger partial charge in [0.15, 0.2) is 0 Å². The monoisotopic (exact) mass is 198 g/mol. The Labute approximate surface area is 123 Å². The maximum absolute atomic E-state index is 4.10. The van der Waals surface area contributed by atoms with Gasteiger partial charge in [-0.2, -0.15) is 25.3 Å². The molecule has 0 spiro atoms. The topological polar surface area (TPSA) is 0 Å². The van der Waals surface area contributed by atoms with Gasteiger partial charge in [0.1, 0.15) is 0 Å². The van der Waals surface area contributed by atoms with Crippen molar-refractivity contribution < 1.29 is 62.0 Å². The van der Waals surface area contributed by atoms with Crippen molar-refractivity contribution in [1.82, 2.24) is 0 Å². The van der Waals surface area contributed by atoms with E-state index in [0.717, 1.165) is 11.5 Å². The summed E-state index contributed by atoms with van der Waals surface area (Å²) in [4.78, 5) is 0. The van der Waals surface area contributed by atoms with Crippen molar-refractivity contribution in [2.24, 2.45) is 0 Å². The third kappa shape index (κ3) is 17.0. The zero-order valence-electron chi connectivity index (χ0n) is 9.14. The summed E-state index contributed by atoms with van der Waals surface area (Å²) in [6, 6.07) is 0. The molecule has 0 aliphatic carbocycles. The van der Waals surface area contributed by atoms with Crippen LogP contribution >= 0.6 is 25.3 Å². The number of unbranched alkanes of at least 4 members (excludes halogenated alkanes) is 3. The van der Waals surface area contributed by atoms with Crippen LogP contribution in [-0.4, -0.2) is 11.5 Å². The Morgan fingerprint density at radius 2 is 1.00 bits per heavy atom. The van der Waals surface area contributed by atoms with Crippen LogP contribution in [0.25, 0.3) is 0 Å². The number of thiol groups is 2. The van der Waals surface area contributed by atoms with Crippen molar-refractivity contribution in [2.45, 2.75) is 25.7 Å². The Hall–Kier alpha value is 2.70. The molecule has 0 bridgehead atoms. The van der Waals surface area contributed by atoms with Gasteiger partial charge in [0, 0.05) is 0 Å². The summed E-state index contributed by atoms with van der Waals surface area (Å²) in [5.74, 6) is 2.07. The van der Waals surface area contributed by atoms with Crippen LogP contribution in [0.3, 0.4) is 0 Å². The Morgan fingerprint density at radius 3 is 1.20 bits per heavy atom. The Morgan fingerprint density at radius 1 is 0.700 bits per heavy atom. The molecular formula is C6H16Na2S2. The average molecular weight is 198 g/mol. The van der Waals surface area contributed by atoms with E-state index >= 15 is 0 Å². The van der Waals surface area contributed by atoms with E-state index in [9.17, 15) is 0 Å². The van der Waals surface area contributed by atoms with Crippen LogP contribution in [0.4, 0.5) is 0 Å². The minimum Gasteiger partial charge on any atom is -1.00 e. The third-order valence-electron chi connectivity index (χ3n) is 1.07. The molecule has 0 amide bonds. The molecule has 0 radical (unpaired) electrons. The Bertz CT molecular complexity index is 46.5. The van der Waals surface area contributed by atoms with Crippen LogP contribution in [0.5, 0.6) is 0 Å². The van der Waals surface area contributed by atoms with Crippen LogP contribution in [0.15, 0.2) is 0 Å². The molecule has 0 heterocycles. The summed E-state index contributed by atoms with van der Waals surface area (Å²) in [5.41, 5.74) is 0. The van der Waals surface area contributed by atoms with E-state index in [4.69, 9.17) is 0 Å². The molecule has 54 valence electrons. The van der Waals surface area contributed by atoms with E-state index in [1.807, 2.05) is 0 Å². The molecule has 0 fully saturated rings. The van der Waals surface area contributed by atoms with Crippen LogP contribution < -0.4 is 59.1 Å². The van der Waals surface area contributed by atoms with Crippen LogP contribution in [0.1, 0.15) is 28.5 Å². The van der Waals surface area contributed by atoms with E-state index in [-0.39, 0.29) is 62.0 Å². The molecule has 0 rings (SSSR count). The second-order valence-electron chi connectivity index (χ2n) is 1.86. The molecular weight excluding hydrogens is 182 g/mol. The average Bonchev–Trinajstić information content (AvgIpc) is 1.81. The van der Waals surface area contributed by atoms with Gasteiger partial charge in [-0.25, -0.2) is 0 Å². The van der Waals surface area contributed by atoms with Crippen molar-refractivity contribution >= 4 is 25.3 Å². The molecule has 0 aliphatic heterocycles. The van der Waals surface area contributed by atoms with Gasteiger partial charge in [-0.15, -0.1) is 0 Å². The molecule has 0 aromatic heterocycles. The van der Waals surface area contributed by atoms with Crippen molar-refractivity contribution in [3.63, 3.8) is 0 Å². The van der Waals surface area contributed by atoms with Gasteiger partial charge in [0.25, 0.3) is 0 Å². The van der Waals surface area contributed by atoms with Crippen LogP contribution in [0.2, 0.25) is 0 Å². The van der Waals surface area contributed by atoms with Gasteiger partial charge < -0.3 is 2.85 Å². The molecule has 10 heavy (non-hydrogen) atoms. The van der Waals surface area contributed by atoms with E-state index in [0.29, 0.717) is 0 Å². The number of rotatable bonds is 5. The van der Waals surface area contributed by atoms with Crippen molar-refractivity contribution in [3.05, 3.63) is 0 Å². The first-order chi connectivity index (χ1) is 3.91. The van der Waals surface area contributed by atoms with Gasteiger partial charge in [-0.1, -0.05) is 12.8 Å². The van der Waals surface area contributed by atoms with Crippen molar-refractivity contribution in [1.29, 1.82) is 0 Å². The maximum atomic E-state index is 4.10. The predicted octanol–water partition coefficient (Wildman–Crippen LogP) is -3.36. The zero-order chi connectivity index (χ0) is 6.24. The summed E-state index contributed by atoms with van der Waals surface area (Å²) in [7, 11) is 0. The molecule has 0 N–H and O–H groups in total. The van der Waals surface area contributed by atoms with Gasteiger partial charge in [-0.3, -0.25) is 0 Å². The minimum absolute atomic E-state index is 0. The van der Waals surface area contributed by atoms with Crippen molar-refractivity contribution in [3.8, 4) is 0 Å². The number of hydrogen-bond acceptors (Lipinski definition) is 2. The SMILES string of the molecule is SCCCCCCS.[H-].[H-].[Na+].[Na+]. The molecule has 0 saturated heterocycles. The van der Waals surface area contributed by atoms with Gasteiger partial charge in [-0.05, 0) is 24.3 Å². The van der Waals surface area contributed by atoms with Crippen LogP contribution in [-0.2, 0) is 0 Å². The van der Waals surface area contributed by atoms with E-state index in [2.05, 4.69) is 25.3 Å². The second kappa shape index (κ2) is 17.7. The smallest absolute Gasteiger partial charge is 1.00 e. The quantitative estimate of drug-likeness (QED) is 0.257. The fourth-order valence-corrected chi connectivity index (χ4v) is 1.02. The molecule has 0 aromatic rings. The Balaban J connectivity index is -0.0000000408. The first kappa shape index (κ1) is 18.5. The van der Waals surface area contributed by atoms with E-state index < -0.39 is 0 Å². The van der Waals surface area contributed by atoms with Gasteiger partial charge >= 0.3 is 59.1 Å².